The first kappa shape index (κ1) is 17.3. The Morgan fingerprint density at radius 2 is 2.00 bits per heavy atom. The van der Waals surface area contributed by atoms with E-state index in [1.54, 1.807) is 11.8 Å². The summed E-state index contributed by atoms with van der Waals surface area (Å²) in [5.41, 5.74) is 5.33. The van der Waals surface area contributed by atoms with Gasteiger partial charge in [-0.05, 0) is 32.4 Å². The van der Waals surface area contributed by atoms with E-state index in [1.807, 2.05) is 27.7 Å². The molecule has 0 bridgehead atoms. The molecule has 0 atom stereocenters. The SMILES string of the molecule is CC(C)NC(=O)CSCCCCC(C)(C)C(=N)N. The second-order valence-electron chi connectivity index (χ2n) is 5.53. The molecular formula is C13H27N3OS. The summed E-state index contributed by atoms with van der Waals surface area (Å²) < 4.78 is 0. The predicted octanol–water partition coefficient (Wildman–Crippen LogP) is 2.38. The summed E-state index contributed by atoms with van der Waals surface area (Å²) >= 11 is 1.67. The maximum Gasteiger partial charge on any atom is 0.230 e. The van der Waals surface area contributed by atoms with Crippen LogP contribution in [0.2, 0.25) is 0 Å². The van der Waals surface area contributed by atoms with Gasteiger partial charge in [-0.15, -0.1) is 0 Å². The molecule has 0 aromatic heterocycles. The maximum atomic E-state index is 11.4. The number of carbonyl (C=O) groups is 1. The van der Waals surface area contributed by atoms with Crippen molar-refractivity contribution >= 4 is 23.5 Å². The first-order valence-electron chi connectivity index (χ1n) is 6.47. The van der Waals surface area contributed by atoms with Gasteiger partial charge in [0.15, 0.2) is 0 Å². The summed E-state index contributed by atoms with van der Waals surface area (Å²) in [4.78, 5) is 11.4. The monoisotopic (exact) mass is 273 g/mol. The Labute approximate surface area is 115 Å². The van der Waals surface area contributed by atoms with Crippen molar-refractivity contribution in [3.05, 3.63) is 0 Å². The number of carbonyl (C=O) groups excluding carboxylic acids is 1. The highest BCUT2D eigenvalue weighted by atomic mass is 32.2. The van der Waals surface area contributed by atoms with Gasteiger partial charge in [-0.25, -0.2) is 0 Å². The Kier molecular flexibility index (Phi) is 8.07. The zero-order chi connectivity index (χ0) is 14.2. The van der Waals surface area contributed by atoms with Crippen LogP contribution < -0.4 is 11.1 Å². The largest absolute Gasteiger partial charge is 0.387 e. The van der Waals surface area contributed by atoms with E-state index >= 15 is 0 Å². The number of thioether (sulfide) groups is 1. The molecule has 0 saturated carbocycles. The molecule has 1 amide bonds. The minimum absolute atomic E-state index is 0.110. The number of hydrogen-bond acceptors (Lipinski definition) is 3. The van der Waals surface area contributed by atoms with Crippen molar-refractivity contribution in [2.45, 2.75) is 53.0 Å². The van der Waals surface area contributed by atoms with E-state index in [9.17, 15) is 4.79 Å². The van der Waals surface area contributed by atoms with E-state index < -0.39 is 0 Å². The van der Waals surface area contributed by atoms with Crippen LogP contribution in [0.15, 0.2) is 0 Å². The molecule has 0 unspecified atom stereocenters. The number of unbranched alkanes of at least 4 members (excludes halogenated alkanes) is 1. The van der Waals surface area contributed by atoms with Crippen LogP contribution in [0.25, 0.3) is 0 Å². The normalized spacial score (nSPS) is 11.6. The lowest BCUT2D eigenvalue weighted by atomic mass is 9.86. The number of hydrogen-bond donors (Lipinski definition) is 3. The summed E-state index contributed by atoms with van der Waals surface area (Å²) in [7, 11) is 0. The molecule has 0 saturated heterocycles. The van der Waals surface area contributed by atoms with Crippen LogP contribution in [-0.4, -0.2) is 29.3 Å². The Hall–Kier alpha value is -0.710. The molecule has 0 aromatic carbocycles. The average molecular weight is 273 g/mol. The molecule has 4 nitrogen and oxygen atoms in total. The van der Waals surface area contributed by atoms with Gasteiger partial charge in [0.1, 0.15) is 0 Å². The van der Waals surface area contributed by atoms with Gasteiger partial charge in [-0.3, -0.25) is 10.2 Å². The van der Waals surface area contributed by atoms with Crippen molar-refractivity contribution < 1.29 is 4.79 Å². The van der Waals surface area contributed by atoms with Crippen LogP contribution in [0, 0.1) is 10.8 Å². The highest BCUT2D eigenvalue weighted by molar-refractivity contribution is 7.99. The van der Waals surface area contributed by atoms with Gasteiger partial charge < -0.3 is 11.1 Å². The first-order chi connectivity index (χ1) is 8.25. The summed E-state index contributed by atoms with van der Waals surface area (Å²) in [5.74, 6) is 1.89. The Morgan fingerprint density at radius 3 is 2.50 bits per heavy atom. The van der Waals surface area contributed by atoms with Crippen molar-refractivity contribution in [2.75, 3.05) is 11.5 Å². The molecule has 0 aromatic rings. The van der Waals surface area contributed by atoms with E-state index in [1.165, 1.54) is 0 Å². The van der Waals surface area contributed by atoms with Gasteiger partial charge in [-0.2, -0.15) is 11.8 Å². The standard InChI is InChI=1S/C13H27N3OS/c1-10(2)16-11(17)9-18-8-6-5-7-13(3,4)12(14)15/h10H,5-9H2,1-4H3,(H3,14,15)(H,16,17). The molecule has 0 rings (SSSR count). The minimum Gasteiger partial charge on any atom is -0.387 e. The Morgan fingerprint density at radius 1 is 1.39 bits per heavy atom. The Balaban J connectivity index is 3.52. The quantitative estimate of drug-likeness (QED) is 0.343. The van der Waals surface area contributed by atoms with Crippen LogP contribution in [0.3, 0.4) is 0 Å². The summed E-state index contributed by atoms with van der Waals surface area (Å²) in [6, 6.07) is 0.217. The van der Waals surface area contributed by atoms with E-state index in [4.69, 9.17) is 11.1 Å². The van der Waals surface area contributed by atoms with Gasteiger partial charge in [0.2, 0.25) is 5.91 Å². The molecular weight excluding hydrogens is 246 g/mol. The summed E-state index contributed by atoms with van der Waals surface area (Å²) in [5, 5.41) is 10.3. The number of amides is 1. The molecule has 0 radical (unpaired) electrons. The van der Waals surface area contributed by atoms with Crippen molar-refractivity contribution in [1.29, 1.82) is 5.41 Å². The molecule has 18 heavy (non-hydrogen) atoms. The van der Waals surface area contributed by atoms with E-state index in [0.29, 0.717) is 5.75 Å². The lowest BCUT2D eigenvalue weighted by molar-refractivity contribution is -0.119. The number of amidine groups is 1. The molecule has 0 aliphatic rings. The van der Waals surface area contributed by atoms with Crippen molar-refractivity contribution in [1.82, 2.24) is 5.32 Å². The zero-order valence-electron chi connectivity index (χ0n) is 12.0. The van der Waals surface area contributed by atoms with E-state index in [0.717, 1.165) is 25.0 Å². The zero-order valence-corrected chi connectivity index (χ0v) is 12.8. The third kappa shape index (κ3) is 8.39. The molecule has 0 aliphatic heterocycles. The van der Waals surface area contributed by atoms with Gasteiger partial charge in [0.25, 0.3) is 0 Å². The van der Waals surface area contributed by atoms with Crippen LogP contribution in [-0.2, 0) is 4.79 Å². The van der Waals surface area contributed by atoms with Crippen LogP contribution >= 0.6 is 11.8 Å². The van der Waals surface area contributed by atoms with E-state index in [2.05, 4.69) is 5.32 Å². The summed E-state index contributed by atoms with van der Waals surface area (Å²) in [6.07, 6.45) is 3.04. The minimum atomic E-state index is -0.195. The molecule has 0 aliphatic carbocycles. The van der Waals surface area contributed by atoms with Crippen molar-refractivity contribution in [3.63, 3.8) is 0 Å². The molecule has 0 heterocycles. The van der Waals surface area contributed by atoms with Gasteiger partial charge in [0, 0.05) is 11.5 Å². The fraction of sp³-hybridized carbons (Fsp3) is 0.846. The summed E-state index contributed by atoms with van der Waals surface area (Å²) in [6.45, 7) is 7.93. The topological polar surface area (TPSA) is 79.0 Å². The lowest BCUT2D eigenvalue weighted by Crippen LogP contribution is -2.31. The van der Waals surface area contributed by atoms with Crippen LogP contribution in [0.4, 0.5) is 0 Å². The fourth-order valence-corrected chi connectivity index (χ4v) is 2.26. The second-order valence-corrected chi connectivity index (χ2v) is 6.63. The van der Waals surface area contributed by atoms with Gasteiger partial charge in [-0.1, -0.05) is 20.3 Å². The van der Waals surface area contributed by atoms with Crippen LogP contribution in [0.5, 0.6) is 0 Å². The first-order valence-corrected chi connectivity index (χ1v) is 7.63. The average Bonchev–Trinajstić information content (AvgIpc) is 2.21. The lowest BCUT2D eigenvalue weighted by Gasteiger charge is -2.22. The predicted molar refractivity (Wildman–Crippen MR) is 80.1 cm³/mol. The van der Waals surface area contributed by atoms with E-state index in [-0.39, 0.29) is 23.2 Å². The molecule has 0 spiro atoms. The highest BCUT2D eigenvalue weighted by Gasteiger charge is 2.20. The second kappa shape index (κ2) is 8.40. The smallest absolute Gasteiger partial charge is 0.230 e. The number of nitrogens with one attached hydrogen (secondary N) is 2. The highest BCUT2D eigenvalue weighted by Crippen LogP contribution is 2.23. The fourth-order valence-electron chi connectivity index (χ4n) is 1.43. The van der Waals surface area contributed by atoms with Crippen molar-refractivity contribution in [2.24, 2.45) is 11.1 Å². The molecule has 5 heteroatoms. The van der Waals surface area contributed by atoms with Gasteiger partial charge >= 0.3 is 0 Å². The third-order valence-electron chi connectivity index (χ3n) is 2.75. The number of nitrogens with two attached hydrogens (primary N) is 1. The Bertz CT molecular complexity index is 277. The number of rotatable bonds is 9. The molecule has 0 fully saturated rings. The van der Waals surface area contributed by atoms with Crippen molar-refractivity contribution in [3.8, 4) is 0 Å². The van der Waals surface area contributed by atoms with Gasteiger partial charge in [0.05, 0.1) is 11.6 Å². The maximum absolute atomic E-state index is 11.4. The molecule has 106 valence electrons. The molecule has 4 N–H and O–H groups in total. The van der Waals surface area contributed by atoms with Crippen LogP contribution in [0.1, 0.15) is 47.0 Å². The third-order valence-corrected chi connectivity index (χ3v) is 3.80.